The number of benzene rings is 1. The largest absolute Gasteiger partial charge is 0.462 e. The Hall–Kier alpha value is -2.37. The van der Waals surface area contributed by atoms with Crippen LogP contribution >= 0.6 is 0 Å². The molecule has 6 heteroatoms. The molecule has 24 heavy (non-hydrogen) atoms. The van der Waals surface area contributed by atoms with Crippen molar-refractivity contribution in [3.63, 3.8) is 0 Å². The Bertz CT molecular complexity index is 649. The fourth-order valence-corrected chi connectivity index (χ4v) is 2.68. The first-order chi connectivity index (χ1) is 11.2. The van der Waals surface area contributed by atoms with Gasteiger partial charge in [0.2, 0.25) is 11.8 Å². The second kappa shape index (κ2) is 7.03. The van der Waals surface area contributed by atoms with Crippen LogP contribution in [0.5, 0.6) is 0 Å². The van der Waals surface area contributed by atoms with E-state index < -0.39 is 11.9 Å². The number of hydrogen-bond donors (Lipinski definition) is 1. The number of rotatable bonds is 4. The highest BCUT2D eigenvalue weighted by Gasteiger charge is 2.37. The van der Waals surface area contributed by atoms with Crippen LogP contribution in [0, 0.1) is 5.92 Å². The maximum absolute atomic E-state index is 12.4. The summed E-state index contributed by atoms with van der Waals surface area (Å²) in [6, 6.07) is 6.81. The lowest BCUT2D eigenvalue weighted by Crippen LogP contribution is -2.44. The van der Waals surface area contributed by atoms with Crippen LogP contribution < -0.4 is 10.2 Å². The predicted octanol–water partition coefficient (Wildman–Crippen LogP) is 2.13. The molecule has 130 valence electrons. The van der Waals surface area contributed by atoms with Gasteiger partial charge in [0.15, 0.2) is 0 Å². The van der Waals surface area contributed by atoms with Gasteiger partial charge in [0, 0.05) is 18.5 Å². The van der Waals surface area contributed by atoms with Crippen molar-refractivity contribution in [2.24, 2.45) is 5.92 Å². The quantitative estimate of drug-likeness (QED) is 0.857. The molecule has 0 aromatic heterocycles. The van der Waals surface area contributed by atoms with Gasteiger partial charge in [-0.05, 0) is 39.8 Å². The number of amides is 2. The molecule has 0 spiro atoms. The summed E-state index contributed by atoms with van der Waals surface area (Å²) in [5.41, 5.74) is 0.479. The SMILES string of the molecule is CCOC(=O)c1ccccc1N1CC(C(=O)NC(C)(C)C)CC1=O. The first-order valence-corrected chi connectivity index (χ1v) is 8.11. The van der Waals surface area contributed by atoms with Gasteiger partial charge in [0.1, 0.15) is 0 Å². The Balaban J connectivity index is 2.21. The summed E-state index contributed by atoms with van der Waals surface area (Å²) in [4.78, 5) is 38.3. The second-order valence-corrected chi connectivity index (χ2v) is 6.88. The lowest BCUT2D eigenvalue weighted by Gasteiger charge is -2.23. The second-order valence-electron chi connectivity index (χ2n) is 6.88. The number of ether oxygens (including phenoxy) is 1. The molecule has 0 aliphatic carbocycles. The summed E-state index contributed by atoms with van der Waals surface area (Å²) in [5, 5.41) is 2.90. The molecule has 1 atom stereocenters. The summed E-state index contributed by atoms with van der Waals surface area (Å²) >= 11 is 0. The van der Waals surface area contributed by atoms with E-state index in [9.17, 15) is 14.4 Å². The van der Waals surface area contributed by atoms with Crippen LogP contribution in [0.1, 0.15) is 44.5 Å². The molecule has 1 fully saturated rings. The van der Waals surface area contributed by atoms with Crippen molar-refractivity contribution in [1.82, 2.24) is 5.32 Å². The monoisotopic (exact) mass is 332 g/mol. The molecule has 0 saturated carbocycles. The van der Waals surface area contributed by atoms with Gasteiger partial charge in [0.25, 0.3) is 0 Å². The number of nitrogens with zero attached hydrogens (tertiary/aromatic N) is 1. The van der Waals surface area contributed by atoms with Crippen LogP contribution in [-0.4, -0.2) is 36.5 Å². The third-order valence-electron chi connectivity index (χ3n) is 3.68. The number of hydrogen-bond acceptors (Lipinski definition) is 4. The molecule has 0 radical (unpaired) electrons. The van der Waals surface area contributed by atoms with Crippen molar-refractivity contribution in [2.45, 2.75) is 39.7 Å². The number of carbonyl (C=O) groups excluding carboxylic acids is 3. The van der Waals surface area contributed by atoms with Crippen molar-refractivity contribution >= 4 is 23.5 Å². The predicted molar refractivity (Wildman–Crippen MR) is 90.8 cm³/mol. The van der Waals surface area contributed by atoms with E-state index >= 15 is 0 Å². The summed E-state index contributed by atoms with van der Waals surface area (Å²) in [6.07, 6.45) is 0.138. The van der Waals surface area contributed by atoms with Crippen molar-refractivity contribution in [3.05, 3.63) is 29.8 Å². The average molecular weight is 332 g/mol. The molecule has 1 unspecified atom stereocenters. The average Bonchev–Trinajstić information content (AvgIpc) is 2.88. The van der Waals surface area contributed by atoms with E-state index in [-0.39, 0.29) is 36.9 Å². The van der Waals surface area contributed by atoms with Gasteiger partial charge in [-0.15, -0.1) is 0 Å². The molecule has 1 N–H and O–H groups in total. The van der Waals surface area contributed by atoms with Crippen molar-refractivity contribution in [2.75, 3.05) is 18.1 Å². The third kappa shape index (κ3) is 4.13. The summed E-state index contributed by atoms with van der Waals surface area (Å²) in [7, 11) is 0. The first kappa shape index (κ1) is 18.0. The van der Waals surface area contributed by atoms with Crippen LogP contribution in [0.25, 0.3) is 0 Å². The topological polar surface area (TPSA) is 75.7 Å². The number of anilines is 1. The van der Waals surface area contributed by atoms with Crippen LogP contribution in [0.2, 0.25) is 0 Å². The van der Waals surface area contributed by atoms with E-state index in [1.54, 1.807) is 31.2 Å². The molecular weight excluding hydrogens is 308 g/mol. The van der Waals surface area contributed by atoms with E-state index in [4.69, 9.17) is 4.74 Å². The van der Waals surface area contributed by atoms with Gasteiger partial charge >= 0.3 is 5.97 Å². The van der Waals surface area contributed by atoms with Crippen LogP contribution in [0.15, 0.2) is 24.3 Å². The van der Waals surface area contributed by atoms with Gasteiger partial charge < -0.3 is 15.0 Å². The minimum absolute atomic E-state index is 0.138. The Morgan fingerprint density at radius 1 is 1.29 bits per heavy atom. The Labute approximate surface area is 142 Å². The molecule has 1 aliphatic heterocycles. The van der Waals surface area contributed by atoms with Gasteiger partial charge in [-0.25, -0.2) is 4.79 Å². The lowest BCUT2D eigenvalue weighted by molar-refractivity contribution is -0.127. The van der Waals surface area contributed by atoms with Gasteiger partial charge in [0.05, 0.1) is 23.8 Å². The number of esters is 1. The maximum Gasteiger partial charge on any atom is 0.340 e. The first-order valence-electron chi connectivity index (χ1n) is 8.11. The van der Waals surface area contributed by atoms with Gasteiger partial charge in [-0.2, -0.15) is 0 Å². The molecular formula is C18H24N2O4. The molecule has 2 rings (SSSR count). The van der Waals surface area contributed by atoms with Crippen molar-refractivity contribution in [3.8, 4) is 0 Å². The minimum Gasteiger partial charge on any atom is -0.462 e. The molecule has 0 bridgehead atoms. The lowest BCUT2D eigenvalue weighted by atomic mass is 10.0. The Morgan fingerprint density at radius 2 is 1.96 bits per heavy atom. The van der Waals surface area contributed by atoms with E-state index in [0.717, 1.165) is 0 Å². The molecule has 1 aromatic rings. The molecule has 1 heterocycles. The highest BCUT2D eigenvalue weighted by atomic mass is 16.5. The molecule has 1 aromatic carbocycles. The summed E-state index contributed by atoms with van der Waals surface area (Å²) in [6.45, 7) is 7.95. The zero-order chi connectivity index (χ0) is 17.9. The molecule has 6 nitrogen and oxygen atoms in total. The number of para-hydroxylation sites is 1. The van der Waals surface area contributed by atoms with Crippen LogP contribution in [-0.2, 0) is 14.3 Å². The maximum atomic E-state index is 12.4. The van der Waals surface area contributed by atoms with E-state index in [0.29, 0.717) is 11.3 Å². The standard InChI is InChI=1S/C18H24N2O4/c1-5-24-17(23)13-8-6-7-9-14(13)20-11-12(10-15(20)21)16(22)19-18(2,3)4/h6-9,12H,5,10-11H2,1-4H3,(H,19,22). The fourth-order valence-electron chi connectivity index (χ4n) is 2.68. The normalized spacial score (nSPS) is 17.8. The zero-order valence-corrected chi connectivity index (χ0v) is 14.6. The molecule has 1 aliphatic rings. The fraction of sp³-hybridized carbons (Fsp3) is 0.500. The highest BCUT2D eigenvalue weighted by Crippen LogP contribution is 2.29. The zero-order valence-electron chi connectivity index (χ0n) is 14.6. The Kier molecular flexibility index (Phi) is 5.26. The van der Waals surface area contributed by atoms with Crippen LogP contribution in [0.4, 0.5) is 5.69 Å². The van der Waals surface area contributed by atoms with Gasteiger partial charge in [-0.3, -0.25) is 9.59 Å². The number of nitrogens with one attached hydrogen (secondary N) is 1. The van der Waals surface area contributed by atoms with E-state index in [1.165, 1.54) is 4.90 Å². The minimum atomic E-state index is -0.469. The smallest absolute Gasteiger partial charge is 0.340 e. The summed E-state index contributed by atoms with van der Waals surface area (Å²) in [5.74, 6) is -1.21. The van der Waals surface area contributed by atoms with Crippen molar-refractivity contribution < 1.29 is 19.1 Å². The molecule has 1 saturated heterocycles. The highest BCUT2D eigenvalue weighted by molar-refractivity contribution is 6.05. The number of carbonyl (C=O) groups is 3. The Morgan fingerprint density at radius 3 is 2.58 bits per heavy atom. The molecule has 2 amide bonds. The van der Waals surface area contributed by atoms with Crippen LogP contribution in [0.3, 0.4) is 0 Å². The van der Waals surface area contributed by atoms with E-state index in [2.05, 4.69) is 5.32 Å². The van der Waals surface area contributed by atoms with Gasteiger partial charge in [-0.1, -0.05) is 12.1 Å². The van der Waals surface area contributed by atoms with Crippen molar-refractivity contribution in [1.29, 1.82) is 0 Å². The summed E-state index contributed by atoms with van der Waals surface area (Å²) < 4.78 is 5.05. The third-order valence-corrected chi connectivity index (χ3v) is 3.68. The van der Waals surface area contributed by atoms with E-state index in [1.807, 2.05) is 20.8 Å².